The highest BCUT2D eigenvalue weighted by atomic mass is 31.2. The SMILES string of the molecule is CCCCCCCCCCCCCCCCCCCCC(=O)O[C@H](COC(=O)CCCCCCCCCCCCCCCC(C)C)COP(=O)(O)OC[C@@H](O)COP(=O)(O)OC[C@@H](COC(=O)CCCCCCCCCC)OC(=O)CCCCCCCCCCC(C)CC. The third kappa shape index (κ3) is 67.3. The fourth-order valence-corrected chi connectivity index (χ4v) is 13.0. The van der Waals surface area contributed by atoms with Gasteiger partial charge in [0.2, 0.25) is 0 Å². The van der Waals surface area contributed by atoms with Gasteiger partial charge in [0.05, 0.1) is 26.4 Å². The van der Waals surface area contributed by atoms with Crippen LogP contribution in [-0.4, -0.2) is 96.7 Å². The minimum absolute atomic E-state index is 0.105. The first-order chi connectivity index (χ1) is 45.4. The third-order valence-electron chi connectivity index (χ3n) is 17.8. The summed E-state index contributed by atoms with van der Waals surface area (Å²) in [6.07, 6.45) is 54.1. The van der Waals surface area contributed by atoms with E-state index in [1.165, 1.54) is 199 Å². The standard InChI is InChI=1S/C75H146O17P2/c1-7-10-12-14-16-18-19-20-21-22-23-24-27-31-34-41-47-53-59-74(79)91-71(64-86-73(78)58-52-46-40-33-30-28-25-26-29-32-37-43-49-55-67(4)5)66-90-94(83,84)88-62-69(76)61-87-93(81,82)89-65-70(63-85-72(77)57-51-45-39-17-15-13-11-8-2)92-75(80)60-54-48-42-36-35-38-44-50-56-68(6)9-3/h67-71,76H,7-66H2,1-6H3,(H,81,82)(H,83,84)/t68?,69-,70+,71+/m0/s1. The van der Waals surface area contributed by atoms with E-state index >= 15 is 0 Å². The molecule has 0 aliphatic carbocycles. The van der Waals surface area contributed by atoms with Crippen molar-refractivity contribution in [3.05, 3.63) is 0 Å². The molecule has 3 N–H and O–H groups in total. The number of hydrogen-bond donors (Lipinski definition) is 3. The molecule has 0 spiro atoms. The van der Waals surface area contributed by atoms with Crippen LogP contribution < -0.4 is 0 Å². The molecule has 0 saturated heterocycles. The normalized spacial score (nSPS) is 14.3. The Balaban J connectivity index is 5.22. The first kappa shape index (κ1) is 92.1. The number of phosphoric ester groups is 2. The zero-order chi connectivity index (χ0) is 69.3. The topological polar surface area (TPSA) is 237 Å². The number of ether oxygens (including phenoxy) is 4. The molecule has 0 radical (unpaired) electrons. The van der Waals surface area contributed by atoms with Crippen LogP contribution >= 0.6 is 15.6 Å². The highest BCUT2D eigenvalue weighted by Crippen LogP contribution is 2.45. The van der Waals surface area contributed by atoms with Gasteiger partial charge in [-0.2, -0.15) is 0 Å². The van der Waals surface area contributed by atoms with Gasteiger partial charge in [-0.05, 0) is 37.5 Å². The Morgan fingerprint density at radius 3 is 0.809 bits per heavy atom. The van der Waals surface area contributed by atoms with Crippen molar-refractivity contribution in [1.29, 1.82) is 0 Å². The van der Waals surface area contributed by atoms with Gasteiger partial charge in [0.1, 0.15) is 19.3 Å². The monoisotopic (exact) mass is 1380 g/mol. The van der Waals surface area contributed by atoms with Crippen LogP contribution in [0, 0.1) is 11.8 Å². The Kier molecular flexibility index (Phi) is 65.5. The Labute approximate surface area is 575 Å². The van der Waals surface area contributed by atoms with E-state index in [1.54, 1.807) is 0 Å². The van der Waals surface area contributed by atoms with Gasteiger partial charge in [0, 0.05) is 25.7 Å². The Morgan fingerprint density at radius 2 is 0.543 bits per heavy atom. The van der Waals surface area contributed by atoms with E-state index in [-0.39, 0.29) is 25.7 Å². The maximum atomic E-state index is 13.1. The van der Waals surface area contributed by atoms with Crippen LogP contribution in [0.5, 0.6) is 0 Å². The van der Waals surface area contributed by atoms with E-state index in [1.807, 2.05) is 0 Å². The molecule has 0 amide bonds. The highest BCUT2D eigenvalue weighted by molar-refractivity contribution is 7.47. The summed E-state index contributed by atoms with van der Waals surface area (Å²) in [5.74, 6) is -0.559. The second kappa shape index (κ2) is 66.9. The summed E-state index contributed by atoms with van der Waals surface area (Å²) in [5.41, 5.74) is 0. The summed E-state index contributed by atoms with van der Waals surface area (Å²) in [4.78, 5) is 72.7. The van der Waals surface area contributed by atoms with Gasteiger partial charge in [-0.1, -0.05) is 337 Å². The summed E-state index contributed by atoms with van der Waals surface area (Å²) in [6.45, 7) is 9.58. The minimum atomic E-state index is -4.96. The number of esters is 4. The van der Waals surface area contributed by atoms with Crippen molar-refractivity contribution >= 4 is 39.5 Å². The Hall–Kier alpha value is -1.94. The summed E-state index contributed by atoms with van der Waals surface area (Å²) >= 11 is 0. The predicted molar refractivity (Wildman–Crippen MR) is 381 cm³/mol. The number of unbranched alkanes of at least 4 members (excludes halogenated alkanes) is 43. The third-order valence-corrected chi connectivity index (χ3v) is 19.7. The zero-order valence-electron chi connectivity index (χ0n) is 61.3. The first-order valence-electron chi connectivity index (χ1n) is 39.0. The maximum Gasteiger partial charge on any atom is 0.472 e. The van der Waals surface area contributed by atoms with Gasteiger partial charge in [-0.3, -0.25) is 37.3 Å². The molecule has 6 atom stereocenters. The zero-order valence-corrected chi connectivity index (χ0v) is 63.1. The molecule has 0 heterocycles. The van der Waals surface area contributed by atoms with E-state index in [0.717, 1.165) is 108 Å². The van der Waals surface area contributed by atoms with Crippen molar-refractivity contribution in [2.75, 3.05) is 39.6 Å². The number of carbonyl (C=O) groups excluding carboxylic acids is 4. The van der Waals surface area contributed by atoms with Crippen LogP contribution in [0.3, 0.4) is 0 Å². The molecule has 0 aromatic carbocycles. The number of aliphatic hydroxyl groups excluding tert-OH is 1. The largest absolute Gasteiger partial charge is 0.472 e. The van der Waals surface area contributed by atoms with Crippen molar-refractivity contribution in [2.45, 2.75) is 407 Å². The molecule has 94 heavy (non-hydrogen) atoms. The number of phosphoric acid groups is 2. The summed E-state index contributed by atoms with van der Waals surface area (Å²) in [6, 6.07) is 0. The molecular formula is C75H146O17P2. The van der Waals surface area contributed by atoms with Crippen LogP contribution in [0.15, 0.2) is 0 Å². The van der Waals surface area contributed by atoms with E-state index < -0.39 is 97.5 Å². The smallest absolute Gasteiger partial charge is 0.462 e. The molecule has 19 heteroatoms. The molecular weight excluding hydrogens is 1230 g/mol. The van der Waals surface area contributed by atoms with Crippen molar-refractivity contribution in [1.82, 2.24) is 0 Å². The number of aliphatic hydroxyl groups is 1. The molecule has 0 aliphatic heterocycles. The lowest BCUT2D eigenvalue weighted by molar-refractivity contribution is -0.161. The maximum absolute atomic E-state index is 13.1. The minimum Gasteiger partial charge on any atom is -0.462 e. The molecule has 0 aromatic heterocycles. The molecule has 0 rings (SSSR count). The van der Waals surface area contributed by atoms with Crippen LogP contribution in [0.25, 0.3) is 0 Å². The van der Waals surface area contributed by atoms with Crippen LogP contribution in [-0.2, 0) is 65.4 Å². The average Bonchev–Trinajstić information content (AvgIpc) is 2.10. The van der Waals surface area contributed by atoms with Crippen LogP contribution in [0.1, 0.15) is 388 Å². The van der Waals surface area contributed by atoms with E-state index in [9.17, 15) is 43.2 Å². The Morgan fingerprint density at radius 1 is 0.309 bits per heavy atom. The summed E-state index contributed by atoms with van der Waals surface area (Å²) < 4.78 is 68.4. The summed E-state index contributed by atoms with van der Waals surface area (Å²) in [5, 5.41) is 10.6. The molecule has 0 saturated carbocycles. The quantitative estimate of drug-likeness (QED) is 0.0222. The van der Waals surface area contributed by atoms with Crippen LogP contribution in [0.2, 0.25) is 0 Å². The average molecular weight is 1380 g/mol. The lowest BCUT2D eigenvalue weighted by Crippen LogP contribution is -2.30. The molecule has 0 aliphatic rings. The molecule has 0 fully saturated rings. The number of carbonyl (C=O) groups is 4. The second-order valence-corrected chi connectivity index (χ2v) is 30.7. The van der Waals surface area contributed by atoms with Gasteiger partial charge >= 0.3 is 39.5 Å². The van der Waals surface area contributed by atoms with Gasteiger partial charge in [0.25, 0.3) is 0 Å². The van der Waals surface area contributed by atoms with Gasteiger partial charge in [-0.15, -0.1) is 0 Å². The van der Waals surface area contributed by atoms with Crippen molar-refractivity contribution in [2.24, 2.45) is 11.8 Å². The van der Waals surface area contributed by atoms with E-state index in [2.05, 4.69) is 41.5 Å². The lowest BCUT2D eigenvalue weighted by atomic mass is 9.99. The second-order valence-electron chi connectivity index (χ2n) is 27.8. The number of hydrogen-bond acceptors (Lipinski definition) is 15. The molecule has 17 nitrogen and oxygen atoms in total. The van der Waals surface area contributed by atoms with Crippen LogP contribution in [0.4, 0.5) is 0 Å². The van der Waals surface area contributed by atoms with Crippen molar-refractivity contribution in [3.8, 4) is 0 Å². The molecule has 0 aromatic rings. The fraction of sp³-hybridized carbons (Fsp3) is 0.947. The predicted octanol–water partition coefficient (Wildman–Crippen LogP) is 21.9. The molecule has 0 bridgehead atoms. The molecule has 558 valence electrons. The van der Waals surface area contributed by atoms with Gasteiger partial charge < -0.3 is 33.8 Å². The lowest BCUT2D eigenvalue weighted by Gasteiger charge is -2.21. The Bertz CT molecular complexity index is 1820. The van der Waals surface area contributed by atoms with Crippen molar-refractivity contribution < 1.29 is 80.2 Å². The van der Waals surface area contributed by atoms with Crippen molar-refractivity contribution in [3.63, 3.8) is 0 Å². The summed E-state index contributed by atoms with van der Waals surface area (Å²) in [7, 11) is -9.91. The van der Waals surface area contributed by atoms with Gasteiger partial charge in [-0.25, -0.2) is 9.13 Å². The van der Waals surface area contributed by atoms with E-state index in [4.69, 9.17) is 37.0 Å². The van der Waals surface area contributed by atoms with E-state index in [0.29, 0.717) is 25.7 Å². The highest BCUT2D eigenvalue weighted by Gasteiger charge is 2.30. The fourth-order valence-electron chi connectivity index (χ4n) is 11.4. The first-order valence-corrected chi connectivity index (χ1v) is 42.0. The number of rotatable bonds is 74. The molecule has 3 unspecified atom stereocenters. The van der Waals surface area contributed by atoms with Gasteiger partial charge in [0.15, 0.2) is 12.2 Å².